The Hall–Kier alpha value is -1.02. The van der Waals surface area contributed by atoms with Crippen LogP contribution in [-0.2, 0) is 11.2 Å². The summed E-state index contributed by atoms with van der Waals surface area (Å²) < 4.78 is 10.9. The van der Waals surface area contributed by atoms with E-state index in [1.165, 1.54) is 18.4 Å². The smallest absolute Gasteiger partial charge is 0.122 e. The molecule has 2 heteroatoms. The quantitative estimate of drug-likeness (QED) is 0.667. The number of benzene rings is 1. The number of aryl methyl sites for hydroxylation is 1. The molecule has 1 saturated heterocycles. The van der Waals surface area contributed by atoms with Gasteiger partial charge in [-0.25, -0.2) is 0 Å². The summed E-state index contributed by atoms with van der Waals surface area (Å²) in [6, 6.07) is 8.30. The number of para-hydroxylation sites is 1. The van der Waals surface area contributed by atoms with Gasteiger partial charge in [0.05, 0.1) is 6.61 Å². The van der Waals surface area contributed by atoms with Gasteiger partial charge in [-0.3, -0.25) is 0 Å². The van der Waals surface area contributed by atoms with E-state index in [9.17, 15) is 0 Å². The molecule has 1 fully saturated rings. The topological polar surface area (TPSA) is 21.8 Å². The van der Waals surface area contributed by atoms with Gasteiger partial charge in [0.15, 0.2) is 0 Å². The largest absolute Gasteiger partial charge is 0.491 e. The maximum Gasteiger partial charge on any atom is 0.122 e. The Morgan fingerprint density at radius 3 is 2.93 bits per heavy atom. The van der Waals surface area contributed by atoms with Gasteiger partial charge in [0.25, 0.3) is 0 Å². The molecular formula is C13H18O2. The van der Waals surface area contributed by atoms with Gasteiger partial charge < -0.3 is 9.47 Å². The first-order valence-corrected chi connectivity index (χ1v) is 5.72. The summed E-state index contributed by atoms with van der Waals surface area (Å²) in [5.74, 6) is 1.03. The number of unbranched alkanes of at least 4 members (excludes halogenated alkanes) is 1. The molecule has 0 saturated carbocycles. The fraction of sp³-hybridized carbons (Fsp3) is 0.538. The molecule has 0 radical (unpaired) electrons. The van der Waals surface area contributed by atoms with Crippen molar-refractivity contribution in [3.05, 3.63) is 29.8 Å². The molecule has 1 atom stereocenters. The molecule has 0 bridgehead atoms. The van der Waals surface area contributed by atoms with Crippen LogP contribution in [0.1, 0.15) is 25.3 Å². The second-order valence-corrected chi connectivity index (χ2v) is 3.98. The minimum Gasteiger partial charge on any atom is -0.491 e. The zero-order valence-corrected chi connectivity index (χ0v) is 9.24. The summed E-state index contributed by atoms with van der Waals surface area (Å²) in [7, 11) is 0. The summed E-state index contributed by atoms with van der Waals surface area (Å²) in [6.07, 6.45) is 3.89. The molecule has 0 aromatic heterocycles. The third-order valence-corrected chi connectivity index (χ3v) is 2.60. The first-order chi connectivity index (χ1) is 7.40. The Kier molecular flexibility index (Phi) is 3.62. The van der Waals surface area contributed by atoms with Crippen molar-refractivity contribution in [1.82, 2.24) is 0 Å². The van der Waals surface area contributed by atoms with Crippen molar-refractivity contribution in [3.8, 4) is 5.75 Å². The third-order valence-electron chi connectivity index (χ3n) is 2.60. The van der Waals surface area contributed by atoms with Crippen LogP contribution < -0.4 is 4.74 Å². The highest BCUT2D eigenvalue weighted by molar-refractivity contribution is 5.33. The minimum atomic E-state index is 0.337. The molecule has 1 aromatic carbocycles. The van der Waals surface area contributed by atoms with Gasteiger partial charge in [-0.2, -0.15) is 0 Å². The first kappa shape index (κ1) is 10.5. The van der Waals surface area contributed by atoms with E-state index < -0.39 is 0 Å². The summed E-state index contributed by atoms with van der Waals surface area (Å²) in [5.41, 5.74) is 1.32. The van der Waals surface area contributed by atoms with Crippen molar-refractivity contribution in [2.24, 2.45) is 0 Å². The van der Waals surface area contributed by atoms with Gasteiger partial charge in [0, 0.05) is 0 Å². The van der Waals surface area contributed by atoms with Gasteiger partial charge in [0.2, 0.25) is 0 Å². The Labute approximate surface area is 91.2 Å². The van der Waals surface area contributed by atoms with Gasteiger partial charge in [-0.05, 0) is 24.5 Å². The third kappa shape index (κ3) is 3.24. The van der Waals surface area contributed by atoms with Gasteiger partial charge in [-0.15, -0.1) is 0 Å². The average molecular weight is 206 g/mol. The Morgan fingerprint density at radius 2 is 2.20 bits per heavy atom. The van der Waals surface area contributed by atoms with Crippen LogP contribution in [0.25, 0.3) is 0 Å². The average Bonchev–Trinajstić information content (AvgIpc) is 3.08. The summed E-state index contributed by atoms with van der Waals surface area (Å²) in [4.78, 5) is 0. The monoisotopic (exact) mass is 206 g/mol. The van der Waals surface area contributed by atoms with E-state index in [4.69, 9.17) is 9.47 Å². The zero-order valence-electron chi connectivity index (χ0n) is 9.24. The second kappa shape index (κ2) is 5.17. The van der Waals surface area contributed by atoms with Crippen molar-refractivity contribution >= 4 is 0 Å². The molecule has 0 amide bonds. The molecule has 2 rings (SSSR count). The van der Waals surface area contributed by atoms with Gasteiger partial charge >= 0.3 is 0 Å². The highest BCUT2D eigenvalue weighted by Gasteiger charge is 2.23. The zero-order chi connectivity index (χ0) is 10.5. The summed E-state index contributed by atoms with van der Waals surface area (Å²) in [6.45, 7) is 3.77. The van der Waals surface area contributed by atoms with Crippen LogP contribution in [-0.4, -0.2) is 19.3 Å². The first-order valence-electron chi connectivity index (χ1n) is 5.72. The maximum absolute atomic E-state index is 5.73. The Morgan fingerprint density at radius 1 is 1.40 bits per heavy atom. The van der Waals surface area contributed by atoms with E-state index >= 15 is 0 Å². The molecule has 0 N–H and O–H groups in total. The van der Waals surface area contributed by atoms with Crippen molar-refractivity contribution in [1.29, 1.82) is 0 Å². The van der Waals surface area contributed by atoms with Crippen LogP contribution in [0.5, 0.6) is 5.75 Å². The van der Waals surface area contributed by atoms with Crippen molar-refractivity contribution in [3.63, 3.8) is 0 Å². The standard InChI is InChI=1S/C13H18O2/c1-2-3-6-11-7-4-5-8-13(11)15-10-12-9-14-12/h4-5,7-8,12H,2-3,6,9-10H2,1H3. The van der Waals surface area contributed by atoms with Crippen LogP contribution in [0.15, 0.2) is 24.3 Å². The van der Waals surface area contributed by atoms with E-state index in [2.05, 4.69) is 19.1 Å². The van der Waals surface area contributed by atoms with Crippen LogP contribution in [0.4, 0.5) is 0 Å². The predicted octanol–water partition coefficient (Wildman–Crippen LogP) is 2.81. The molecule has 1 heterocycles. The van der Waals surface area contributed by atoms with Gasteiger partial charge in [0.1, 0.15) is 18.5 Å². The molecule has 1 unspecified atom stereocenters. The summed E-state index contributed by atoms with van der Waals surface area (Å²) >= 11 is 0. The highest BCUT2D eigenvalue weighted by atomic mass is 16.6. The molecule has 1 aromatic rings. The lowest BCUT2D eigenvalue weighted by molar-refractivity contribution is 0.261. The van der Waals surface area contributed by atoms with Crippen molar-refractivity contribution in [2.45, 2.75) is 32.3 Å². The number of hydrogen-bond acceptors (Lipinski definition) is 2. The lowest BCUT2D eigenvalue weighted by Crippen LogP contribution is -2.05. The van der Waals surface area contributed by atoms with Crippen LogP contribution in [0.3, 0.4) is 0 Å². The van der Waals surface area contributed by atoms with Crippen molar-refractivity contribution in [2.75, 3.05) is 13.2 Å². The molecule has 0 spiro atoms. The molecule has 15 heavy (non-hydrogen) atoms. The van der Waals surface area contributed by atoms with Crippen LogP contribution >= 0.6 is 0 Å². The molecule has 82 valence electrons. The molecule has 2 nitrogen and oxygen atoms in total. The number of rotatable bonds is 6. The summed E-state index contributed by atoms with van der Waals surface area (Å²) in [5, 5.41) is 0. The number of hydrogen-bond donors (Lipinski definition) is 0. The number of ether oxygens (including phenoxy) is 2. The highest BCUT2D eigenvalue weighted by Crippen LogP contribution is 2.21. The predicted molar refractivity (Wildman–Crippen MR) is 60.3 cm³/mol. The van der Waals surface area contributed by atoms with E-state index in [0.717, 1.165) is 18.8 Å². The second-order valence-electron chi connectivity index (χ2n) is 3.98. The Balaban J connectivity index is 1.93. The fourth-order valence-electron chi connectivity index (χ4n) is 1.57. The lowest BCUT2D eigenvalue weighted by Gasteiger charge is -2.09. The van der Waals surface area contributed by atoms with E-state index in [1.54, 1.807) is 0 Å². The van der Waals surface area contributed by atoms with Gasteiger partial charge in [-0.1, -0.05) is 31.5 Å². The minimum absolute atomic E-state index is 0.337. The van der Waals surface area contributed by atoms with Crippen molar-refractivity contribution < 1.29 is 9.47 Å². The van der Waals surface area contributed by atoms with E-state index in [-0.39, 0.29) is 0 Å². The lowest BCUT2D eigenvalue weighted by atomic mass is 10.1. The molecule has 1 aliphatic rings. The van der Waals surface area contributed by atoms with E-state index in [0.29, 0.717) is 12.7 Å². The van der Waals surface area contributed by atoms with Crippen LogP contribution in [0, 0.1) is 0 Å². The van der Waals surface area contributed by atoms with E-state index in [1.807, 2.05) is 12.1 Å². The molecule has 1 aliphatic heterocycles. The molecule has 0 aliphatic carbocycles. The fourth-order valence-corrected chi connectivity index (χ4v) is 1.57. The van der Waals surface area contributed by atoms with Crippen LogP contribution in [0.2, 0.25) is 0 Å². The molecular weight excluding hydrogens is 188 g/mol. The Bertz CT molecular complexity index is 305. The SMILES string of the molecule is CCCCc1ccccc1OCC1CO1. The maximum atomic E-state index is 5.73. The number of epoxide rings is 1. The normalized spacial score (nSPS) is 18.9.